The fraction of sp³-hybridized carbons (Fsp3) is 0.462. The molecule has 0 radical (unpaired) electrons. The molecule has 0 saturated carbocycles. The van der Waals surface area contributed by atoms with Gasteiger partial charge in [-0.1, -0.05) is 13.0 Å². The average molecular weight is 215 g/mol. The molecule has 0 aromatic carbocycles. The molecule has 84 valence electrons. The van der Waals surface area contributed by atoms with E-state index >= 15 is 0 Å². The van der Waals surface area contributed by atoms with Gasteiger partial charge in [0.15, 0.2) is 0 Å². The maximum atomic E-state index is 4.58. The summed E-state index contributed by atoms with van der Waals surface area (Å²) in [5.41, 5.74) is 1.20. The summed E-state index contributed by atoms with van der Waals surface area (Å²) >= 11 is 0. The molecule has 1 saturated heterocycles. The molecular weight excluding hydrogens is 198 g/mol. The zero-order chi connectivity index (χ0) is 11.0. The third-order valence-electron chi connectivity index (χ3n) is 3.55. The third kappa shape index (κ3) is 1.52. The van der Waals surface area contributed by atoms with Crippen molar-refractivity contribution < 1.29 is 0 Å². The maximum Gasteiger partial charge on any atom is 0.117 e. The Balaban J connectivity index is 1.95. The van der Waals surface area contributed by atoms with Crippen molar-refractivity contribution in [2.75, 3.05) is 19.6 Å². The Morgan fingerprint density at radius 1 is 1.44 bits per heavy atom. The van der Waals surface area contributed by atoms with Crippen LogP contribution in [0.4, 0.5) is 0 Å². The van der Waals surface area contributed by atoms with Gasteiger partial charge in [0.1, 0.15) is 5.82 Å². The second-order valence-electron chi connectivity index (χ2n) is 4.49. The van der Waals surface area contributed by atoms with Crippen LogP contribution in [0.25, 0.3) is 5.52 Å². The van der Waals surface area contributed by atoms with Crippen LogP contribution < -0.4 is 0 Å². The molecule has 0 bridgehead atoms. The van der Waals surface area contributed by atoms with Crippen LogP contribution in [0.2, 0.25) is 0 Å². The molecule has 2 aromatic heterocycles. The summed E-state index contributed by atoms with van der Waals surface area (Å²) in [5.74, 6) is 1.83. The van der Waals surface area contributed by atoms with E-state index in [1.807, 2.05) is 6.20 Å². The molecule has 3 heterocycles. The molecule has 2 aromatic rings. The van der Waals surface area contributed by atoms with E-state index in [0.717, 1.165) is 13.1 Å². The van der Waals surface area contributed by atoms with Gasteiger partial charge < -0.3 is 9.30 Å². The summed E-state index contributed by atoms with van der Waals surface area (Å²) < 4.78 is 2.23. The van der Waals surface area contributed by atoms with E-state index in [4.69, 9.17) is 0 Å². The molecule has 1 aliphatic rings. The number of likely N-dealkylation sites (tertiary alicyclic amines) is 1. The van der Waals surface area contributed by atoms with Gasteiger partial charge in [-0.05, 0) is 31.6 Å². The third-order valence-corrected chi connectivity index (χ3v) is 3.55. The van der Waals surface area contributed by atoms with Gasteiger partial charge in [-0.2, -0.15) is 0 Å². The van der Waals surface area contributed by atoms with Crippen molar-refractivity contribution in [3.63, 3.8) is 0 Å². The quantitative estimate of drug-likeness (QED) is 0.765. The first kappa shape index (κ1) is 9.85. The summed E-state index contributed by atoms with van der Waals surface area (Å²) in [5, 5.41) is 0. The van der Waals surface area contributed by atoms with Gasteiger partial charge >= 0.3 is 0 Å². The fourth-order valence-electron chi connectivity index (χ4n) is 2.60. The van der Waals surface area contributed by atoms with Crippen LogP contribution in [-0.2, 0) is 0 Å². The monoisotopic (exact) mass is 215 g/mol. The van der Waals surface area contributed by atoms with E-state index in [1.54, 1.807) is 0 Å². The Morgan fingerprint density at radius 3 is 3.19 bits per heavy atom. The minimum Gasteiger partial charge on any atom is -0.303 e. The second kappa shape index (κ2) is 3.91. The number of hydrogen-bond donors (Lipinski definition) is 0. The summed E-state index contributed by atoms with van der Waals surface area (Å²) in [6, 6.07) is 6.25. The predicted octanol–water partition coefficient (Wildman–Crippen LogP) is 2.14. The van der Waals surface area contributed by atoms with Crippen molar-refractivity contribution in [2.45, 2.75) is 19.3 Å². The van der Waals surface area contributed by atoms with Crippen LogP contribution in [0.3, 0.4) is 0 Å². The number of pyridine rings is 1. The number of imidazole rings is 1. The Hall–Kier alpha value is -1.35. The topological polar surface area (TPSA) is 20.5 Å². The van der Waals surface area contributed by atoms with Gasteiger partial charge in [-0.25, -0.2) is 4.98 Å². The lowest BCUT2D eigenvalue weighted by molar-refractivity contribution is 0.352. The molecule has 1 aliphatic heterocycles. The van der Waals surface area contributed by atoms with Crippen LogP contribution in [0.5, 0.6) is 0 Å². The van der Waals surface area contributed by atoms with Crippen LogP contribution >= 0.6 is 0 Å². The molecule has 0 spiro atoms. The smallest absolute Gasteiger partial charge is 0.117 e. The lowest BCUT2D eigenvalue weighted by Gasteiger charge is -2.12. The predicted molar refractivity (Wildman–Crippen MR) is 64.7 cm³/mol. The first-order chi connectivity index (χ1) is 7.88. The van der Waals surface area contributed by atoms with E-state index in [-0.39, 0.29) is 0 Å². The van der Waals surface area contributed by atoms with Crippen molar-refractivity contribution in [1.82, 2.24) is 14.3 Å². The number of fused-ring (bicyclic) bond motifs is 1. The minimum absolute atomic E-state index is 0.602. The van der Waals surface area contributed by atoms with E-state index in [9.17, 15) is 0 Å². The highest BCUT2D eigenvalue weighted by Crippen LogP contribution is 2.26. The highest BCUT2D eigenvalue weighted by atomic mass is 15.2. The van der Waals surface area contributed by atoms with Gasteiger partial charge in [0.2, 0.25) is 0 Å². The Labute approximate surface area is 95.7 Å². The summed E-state index contributed by atoms with van der Waals surface area (Å²) in [7, 11) is 0. The summed E-state index contributed by atoms with van der Waals surface area (Å²) in [6.07, 6.45) is 5.33. The van der Waals surface area contributed by atoms with Gasteiger partial charge in [0.05, 0.1) is 11.7 Å². The number of rotatable bonds is 2. The summed E-state index contributed by atoms with van der Waals surface area (Å²) in [4.78, 5) is 7.08. The highest BCUT2D eigenvalue weighted by molar-refractivity contribution is 5.46. The molecule has 3 rings (SSSR count). The van der Waals surface area contributed by atoms with Crippen molar-refractivity contribution >= 4 is 5.52 Å². The standard InChI is InChI=1S/C13H17N3/c1-2-15-8-6-11(10-15)13-14-9-12-5-3-4-7-16(12)13/h3-5,7,9,11H,2,6,8,10H2,1H3. The van der Waals surface area contributed by atoms with Gasteiger partial charge in [-0.3, -0.25) is 0 Å². The molecular formula is C13H17N3. The maximum absolute atomic E-state index is 4.58. The Kier molecular flexibility index (Phi) is 2.40. The van der Waals surface area contributed by atoms with Gasteiger partial charge in [0, 0.05) is 18.7 Å². The molecule has 1 atom stereocenters. The lowest BCUT2D eigenvalue weighted by atomic mass is 10.1. The van der Waals surface area contributed by atoms with Crippen LogP contribution in [-0.4, -0.2) is 33.9 Å². The number of hydrogen-bond acceptors (Lipinski definition) is 2. The highest BCUT2D eigenvalue weighted by Gasteiger charge is 2.25. The van der Waals surface area contributed by atoms with E-state index < -0.39 is 0 Å². The second-order valence-corrected chi connectivity index (χ2v) is 4.49. The molecule has 0 amide bonds. The van der Waals surface area contributed by atoms with E-state index in [0.29, 0.717) is 5.92 Å². The van der Waals surface area contributed by atoms with Crippen LogP contribution in [0, 0.1) is 0 Å². The summed E-state index contributed by atoms with van der Waals surface area (Å²) in [6.45, 7) is 5.75. The first-order valence-electron chi connectivity index (χ1n) is 6.03. The van der Waals surface area contributed by atoms with Crippen molar-refractivity contribution in [3.8, 4) is 0 Å². The Bertz CT molecular complexity index is 489. The molecule has 0 N–H and O–H groups in total. The van der Waals surface area contributed by atoms with Crippen LogP contribution in [0.1, 0.15) is 25.1 Å². The lowest BCUT2D eigenvalue weighted by Crippen LogP contribution is -2.19. The van der Waals surface area contributed by atoms with Gasteiger partial charge in [0.25, 0.3) is 0 Å². The normalized spacial score (nSPS) is 21.9. The molecule has 16 heavy (non-hydrogen) atoms. The van der Waals surface area contributed by atoms with Crippen molar-refractivity contribution in [2.24, 2.45) is 0 Å². The van der Waals surface area contributed by atoms with Crippen molar-refractivity contribution in [1.29, 1.82) is 0 Å². The van der Waals surface area contributed by atoms with E-state index in [2.05, 4.69) is 45.6 Å². The van der Waals surface area contributed by atoms with Gasteiger partial charge in [-0.15, -0.1) is 0 Å². The zero-order valence-corrected chi connectivity index (χ0v) is 9.63. The average Bonchev–Trinajstić information content (AvgIpc) is 2.94. The number of nitrogens with zero attached hydrogens (tertiary/aromatic N) is 3. The van der Waals surface area contributed by atoms with Crippen LogP contribution in [0.15, 0.2) is 30.6 Å². The molecule has 3 heteroatoms. The minimum atomic E-state index is 0.602. The van der Waals surface area contributed by atoms with E-state index in [1.165, 1.54) is 24.3 Å². The molecule has 0 aliphatic carbocycles. The zero-order valence-electron chi connectivity index (χ0n) is 9.63. The molecule has 1 unspecified atom stereocenters. The van der Waals surface area contributed by atoms with Crippen molar-refractivity contribution in [3.05, 3.63) is 36.4 Å². The largest absolute Gasteiger partial charge is 0.303 e. The number of aromatic nitrogens is 2. The number of likely N-dealkylation sites (N-methyl/N-ethyl adjacent to an activating group) is 1. The molecule has 3 nitrogen and oxygen atoms in total. The SMILES string of the molecule is CCN1CCC(c2ncc3ccccn23)C1. The fourth-order valence-corrected chi connectivity index (χ4v) is 2.60. The first-order valence-corrected chi connectivity index (χ1v) is 6.03. The Morgan fingerprint density at radius 2 is 2.38 bits per heavy atom. The molecule has 1 fully saturated rings.